The Morgan fingerprint density at radius 1 is 1.29 bits per heavy atom. The quantitative estimate of drug-likeness (QED) is 0.828. The van der Waals surface area contributed by atoms with Crippen LogP contribution in [0.3, 0.4) is 0 Å². The number of rotatable bonds is 5. The predicted molar refractivity (Wildman–Crippen MR) is 95.9 cm³/mol. The molecule has 2 heterocycles. The van der Waals surface area contributed by atoms with E-state index in [4.69, 9.17) is 19.2 Å². The van der Waals surface area contributed by atoms with Crippen molar-refractivity contribution in [3.05, 3.63) is 29.3 Å². The highest BCUT2D eigenvalue weighted by atomic mass is 32.1. The average molecular weight is 348 g/mol. The molecule has 2 aromatic rings. The van der Waals surface area contributed by atoms with Gasteiger partial charge in [-0.15, -0.1) is 11.3 Å². The van der Waals surface area contributed by atoms with Gasteiger partial charge in [0, 0.05) is 30.6 Å². The molecule has 3 rings (SSSR count). The van der Waals surface area contributed by atoms with Gasteiger partial charge in [0.05, 0.1) is 38.2 Å². The van der Waals surface area contributed by atoms with Crippen molar-refractivity contribution in [3.63, 3.8) is 0 Å². The Labute approximate surface area is 147 Å². The molecule has 1 fully saturated rings. The number of nitrogens with zero attached hydrogens (tertiary/aromatic N) is 2. The van der Waals surface area contributed by atoms with E-state index >= 15 is 0 Å². The van der Waals surface area contributed by atoms with Crippen LogP contribution in [0.2, 0.25) is 0 Å². The summed E-state index contributed by atoms with van der Waals surface area (Å²) in [5, 5.41) is 3.10. The molecule has 0 spiro atoms. The first-order valence-corrected chi connectivity index (χ1v) is 9.01. The van der Waals surface area contributed by atoms with Gasteiger partial charge in [0.2, 0.25) is 0 Å². The van der Waals surface area contributed by atoms with Crippen molar-refractivity contribution in [1.82, 2.24) is 9.88 Å². The number of methoxy groups -OCH3 is 2. The minimum atomic E-state index is 0.279. The first-order chi connectivity index (χ1) is 11.6. The third-order valence-corrected chi connectivity index (χ3v) is 5.22. The molecule has 0 radical (unpaired) electrons. The van der Waals surface area contributed by atoms with Gasteiger partial charge < -0.3 is 14.2 Å². The summed E-state index contributed by atoms with van der Waals surface area (Å²) in [6.45, 7) is 6.90. The largest absolute Gasteiger partial charge is 0.497 e. The second-order valence-electron chi connectivity index (χ2n) is 6.13. The second kappa shape index (κ2) is 7.51. The van der Waals surface area contributed by atoms with Gasteiger partial charge in [-0.05, 0) is 26.0 Å². The van der Waals surface area contributed by atoms with E-state index in [-0.39, 0.29) is 6.10 Å². The molecular formula is C18H24N2O3S. The minimum absolute atomic E-state index is 0.279. The highest BCUT2D eigenvalue weighted by Gasteiger charge is 2.24. The fourth-order valence-electron chi connectivity index (χ4n) is 2.88. The number of hydrogen-bond acceptors (Lipinski definition) is 6. The van der Waals surface area contributed by atoms with Crippen LogP contribution in [0.1, 0.15) is 19.5 Å². The van der Waals surface area contributed by atoms with Gasteiger partial charge in [-0.2, -0.15) is 0 Å². The summed E-state index contributed by atoms with van der Waals surface area (Å²) >= 11 is 1.65. The summed E-state index contributed by atoms with van der Waals surface area (Å²) in [6, 6.07) is 6.24. The maximum atomic E-state index is 5.70. The Kier molecular flexibility index (Phi) is 5.38. The Morgan fingerprint density at radius 3 is 2.88 bits per heavy atom. The lowest BCUT2D eigenvalue weighted by Crippen LogP contribution is -2.46. The van der Waals surface area contributed by atoms with Crippen molar-refractivity contribution >= 4 is 11.3 Å². The molecule has 5 nitrogen and oxygen atoms in total. The van der Waals surface area contributed by atoms with Crippen LogP contribution in [-0.4, -0.2) is 49.4 Å². The summed E-state index contributed by atoms with van der Waals surface area (Å²) < 4.78 is 16.4. The van der Waals surface area contributed by atoms with E-state index in [0.717, 1.165) is 47.5 Å². The molecule has 6 heteroatoms. The van der Waals surface area contributed by atoms with Crippen LogP contribution >= 0.6 is 11.3 Å². The fourth-order valence-corrected chi connectivity index (χ4v) is 3.72. The highest BCUT2D eigenvalue weighted by molar-refractivity contribution is 7.13. The smallest absolute Gasteiger partial charge is 0.132 e. The van der Waals surface area contributed by atoms with Crippen LogP contribution < -0.4 is 9.47 Å². The van der Waals surface area contributed by atoms with E-state index in [9.17, 15) is 0 Å². The van der Waals surface area contributed by atoms with Crippen LogP contribution in [0.25, 0.3) is 10.6 Å². The van der Waals surface area contributed by atoms with E-state index in [1.165, 1.54) is 0 Å². The molecule has 0 amide bonds. The zero-order valence-corrected chi connectivity index (χ0v) is 15.4. The number of benzene rings is 1. The molecule has 0 bridgehead atoms. The van der Waals surface area contributed by atoms with E-state index in [0.29, 0.717) is 6.04 Å². The van der Waals surface area contributed by atoms with Gasteiger partial charge in [0.25, 0.3) is 0 Å². The van der Waals surface area contributed by atoms with E-state index in [2.05, 4.69) is 24.1 Å². The van der Waals surface area contributed by atoms with Crippen molar-refractivity contribution < 1.29 is 14.2 Å². The lowest BCUT2D eigenvalue weighted by Gasteiger charge is -2.36. The molecule has 2 atom stereocenters. The standard InChI is InChI=1S/C18H24N2O3S/c1-12-10-23-13(2)8-20(12)9-14-11-24-18(19-14)16-6-5-15(21-3)7-17(16)22-4/h5-7,11-13H,8-10H2,1-4H3/t12-,13+/m1/s1. The van der Waals surface area contributed by atoms with Crippen LogP contribution in [0.15, 0.2) is 23.6 Å². The Hall–Kier alpha value is -1.63. The van der Waals surface area contributed by atoms with Crippen molar-refractivity contribution in [2.75, 3.05) is 27.4 Å². The van der Waals surface area contributed by atoms with Crippen molar-refractivity contribution in [3.8, 4) is 22.1 Å². The Bertz CT molecular complexity index is 689. The number of ether oxygens (including phenoxy) is 3. The lowest BCUT2D eigenvalue weighted by atomic mass is 10.2. The number of morpholine rings is 1. The monoisotopic (exact) mass is 348 g/mol. The number of aromatic nitrogens is 1. The molecule has 0 aliphatic carbocycles. The normalized spacial score (nSPS) is 21.7. The number of thiazole rings is 1. The molecule has 130 valence electrons. The molecule has 0 saturated carbocycles. The molecule has 0 unspecified atom stereocenters. The van der Waals surface area contributed by atoms with Crippen LogP contribution in [0, 0.1) is 0 Å². The molecule has 1 aliphatic rings. The molecule has 1 saturated heterocycles. The SMILES string of the molecule is COc1ccc(-c2nc(CN3C[C@H](C)OC[C@H]3C)cs2)c(OC)c1. The second-order valence-corrected chi connectivity index (χ2v) is 6.99. The third kappa shape index (κ3) is 3.71. The molecule has 1 aliphatic heterocycles. The minimum Gasteiger partial charge on any atom is -0.497 e. The fraction of sp³-hybridized carbons (Fsp3) is 0.500. The van der Waals surface area contributed by atoms with Crippen LogP contribution in [0.4, 0.5) is 0 Å². The molecule has 1 aromatic carbocycles. The highest BCUT2D eigenvalue weighted by Crippen LogP contribution is 2.35. The zero-order valence-electron chi connectivity index (χ0n) is 14.6. The molecule has 0 N–H and O–H groups in total. The van der Waals surface area contributed by atoms with Gasteiger partial charge in [0.1, 0.15) is 16.5 Å². The van der Waals surface area contributed by atoms with Crippen molar-refractivity contribution in [1.29, 1.82) is 0 Å². The van der Waals surface area contributed by atoms with Gasteiger partial charge in [-0.1, -0.05) is 0 Å². The number of hydrogen-bond donors (Lipinski definition) is 0. The zero-order chi connectivity index (χ0) is 17.1. The third-order valence-electron chi connectivity index (χ3n) is 4.29. The van der Waals surface area contributed by atoms with E-state index in [1.54, 1.807) is 25.6 Å². The van der Waals surface area contributed by atoms with Crippen molar-refractivity contribution in [2.45, 2.75) is 32.5 Å². The molecule has 24 heavy (non-hydrogen) atoms. The van der Waals surface area contributed by atoms with Crippen LogP contribution in [0.5, 0.6) is 11.5 Å². The van der Waals surface area contributed by atoms with Crippen molar-refractivity contribution in [2.24, 2.45) is 0 Å². The van der Waals surface area contributed by atoms with Gasteiger partial charge in [-0.25, -0.2) is 4.98 Å². The van der Waals surface area contributed by atoms with Gasteiger partial charge in [-0.3, -0.25) is 4.90 Å². The topological polar surface area (TPSA) is 43.8 Å². The summed E-state index contributed by atoms with van der Waals surface area (Å²) in [5.74, 6) is 1.56. The van der Waals surface area contributed by atoms with Gasteiger partial charge >= 0.3 is 0 Å². The Morgan fingerprint density at radius 2 is 2.12 bits per heavy atom. The first-order valence-electron chi connectivity index (χ1n) is 8.13. The maximum Gasteiger partial charge on any atom is 0.132 e. The summed E-state index contributed by atoms with van der Waals surface area (Å²) in [7, 11) is 3.32. The molecular weight excluding hydrogens is 324 g/mol. The molecule has 1 aromatic heterocycles. The average Bonchev–Trinajstić information content (AvgIpc) is 3.05. The van der Waals surface area contributed by atoms with E-state index in [1.807, 2.05) is 18.2 Å². The summed E-state index contributed by atoms with van der Waals surface area (Å²) in [5.41, 5.74) is 2.09. The van der Waals surface area contributed by atoms with E-state index < -0.39 is 0 Å². The van der Waals surface area contributed by atoms with Crippen LogP contribution in [-0.2, 0) is 11.3 Å². The summed E-state index contributed by atoms with van der Waals surface area (Å²) in [6.07, 6.45) is 0.279. The summed E-state index contributed by atoms with van der Waals surface area (Å²) in [4.78, 5) is 7.24. The first kappa shape index (κ1) is 17.2. The maximum absolute atomic E-state index is 5.70. The Balaban J connectivity index is 1.78. The lowest BCUT2D eigenvalue weighted by molar-refractivity contribution is -0.0530. The van der Waals surface area contributed by atoms with Gasteiger partial charge in [0.15, 0.2) is 0 Å². The predicted octanol–water partition coefficient (Wildman–Crippen LogP) is 3.44.